The first kappa shape index (κ1) is 12.9. The lowest BCUT2D eigenvalue weighted by molar-refractivity contribution is 0.141. The van der Waals surface area contributed by atoms with E-state index in [9.17, 15) is 0 Å². The van der Waals surface area contributed by atoms with E-state index in [-0.39, 0.29) is 6.04 Å². The first-order chi connectivity index (χ1) is 7.27. The molecule has 0 aromatic carbocycles. The Morgan fingerprint density at radius 1 is 1.60 bits per heavy atom. The van der Waals surface area contributed by atoms with Gasteiger partial charge < -0.3 is 4.74 Å². The van der Waals surface area contributed by atoms with E-state index in [0.717, 1.165) is 30.4 Å². The van der Waals surface area contributed by atoms with Gasteiger partial charge in [0.2, 0.25) is 0 Å². The number of rotatable bonds is 7. The molecule has 3 N–H and O–H groups in total. The third-order valence-corrected chi connectivity index (χ3v) is 3.47. The molecule has 1 rings (SSSR count). The van der Waals surface area contributed by atoms with Crippen LogP contribution in [0.4, 0.5) is 0 Å². The van der Waals surface area contributed by atoms with Crippen LogP contribution in [0.5, 0.6) is 0 Å². The number of hydrogen-bond acceptors (Lipinski definition) is 4. The monoisotopic (exact) mass is 248 g/mol. The molecule has 0 fully saturated rings. The van der Waals surface area contributed by atoms with Gasteiger partial charge in [0.25, 0.3) is 0 Å². The summed E-state index contributed by atoms with van der Waals surface area (Å²) in [5.74, 6) is 5.50. The van der Waals surface area contributed by atoms with Crippen LogP contribution in [0.25, 0.3) is 0 Å². The second-order valence-corrected chi connectivity index (χ2v) is 4.95. The highest BCUT2D eigenvalue weighted by Crippen LogP contribution is 2.28. The standard InChI is InChI=1S/C10H17ClN2OS/c1-2-14-7-3-4-8(13-12)9-5-6-10(11)15-9/h5-6,8,13H,2-4,7,12H2,1H3. The van der Waals surface area contributed by atoms with Gasteiger partial charge in [-0.2, -0.15) is 0 Å². The van der Waals surface area contributed by atoms with Crippen LogP contribution in [0.3, 0.4) is 0 Å². The van der Waals surface area contributed by atoms with Crippen LogP contribution in [0.1, 0.15) is 30.7 Å². The maximum absolute atomic E-state index is 5.87. The van der Waals surface area contributed by atoms with Crippen LogP contribution < -0.4 is 11.3 Å². The maximum atomic E-state index is 5.87. The molecule has 1 unspecified atom stereocenters. The van der Waals surface area contributed by atoms with Crippen molar-refractivity contribution in [3.63, 3.8) is 0 Å². The van der Waals surface area contributed by atoms with Crippen molar-refractivity contribution >= 4 is 22.9 Å². The molecule has 0 saturated carbocycles. The number of thiophene rings is 1. The lowest BCUT2D eigenvalue weighted by Gasteiger charge is -2.13. The molecule has 86 valence electrons. The minimum atomic E-state index is 0.183. The zero-order chi connectivity index (χ0) is 11.1. The molecule has 0 radical (unpaired) electrons. The summed E-state index contributed by atoms with van der Waals surface area (Å²) in [5.41, 5.74) is 2.80. The fourth-order valence-electron chi connectivity index (χ4n) is 1.36. The Morgan fingerprint density at radius 3 is 2.93 bits per heavy atom. The molecule has 1 atom stereocenters. The number of ether oxygens (including phenoxy) is 1. The first-order valence-corrected chi connectivity index (χ1v) is 6.26. The van der Waals surface area contributed by atoms with E-state index in [1.807, 2.05) is 19.1 Å². The summed E-state index contributed by atoms with van der Waals surface area (Å²) in [5, 5.41) is 0. The number of hydrazine groups is 1. The highest BCUT2D eigenvalue weighted by Gasteiger charge is 2.11. The van der Waals surface area contributed by atoms with Crippen molar-refractivity contribution in [2.45, 2.75) is 25.8 Å². The Balaban J connectivity index is 2.35. The lowest BCUT2D eigenvalue weighted by Crippen LogP contribution is -2.27. The quantitative estimate of drug-likeness (QED) is 0.443. The first-order valence-electron chi connectivity index (χ1n) is 5.07. The van der Waals surface area contributed by atoms with Gasteiger partial charge in [0.1, 0.15) is 0 Å². The minimum Gasteiger partial charge on any atom is -0.382 e. The molecule has 1 heterocycles. The Hall–Kier alpha value is -0.130. The smallest absolute Gasteiger partial charge is 0.0931 e. The summed E-state index contributed by atoms with van der Waals surface area (Å²) in [6, 6.07) is 4.09. The van der Waals surface area contributed by atoms with E-state index in [1.54, 1.807) is 11.3 Å². The summed E-state index contributed by atoms with van der Waals surface area (Å²) in [6.07, 6.45) is 1.96. The van der Waals surface area contributed by atoms with E-state index in [0.29, 0.717) is 0 Å². The van der Waals surface area contributed by atoms with Crippen molar-refractivity contribution in [1.29, 1.82) is 0 Å². The van der Waals surface area contributed by atoms with Gasteiger partial charge in [0.05, 0.1) is 10.4 Å². The maximum Gasteiger partial charge on any atom is 0.0931 e. The van der Waals surface area contributed by atoms with Gasteiger partial charge in [-0.25, -0.2) is 0 Å². The normalized spacial score (nSPS) is 13.0. The molecule has 0 aliphatic heterocycles. The zero-order valence-corrected chi connectivity index (χ0v) is 10.4. The molecule has 15 heavy (non-hydrogen) atoms. The predicted octanol–water partition coefficient (Wildman–Crippen LogP) is 2.72. The molecule has 3 nitrogen and oxygen atoms in total. The summed E-state index contributed by atoms with van der Waals surface area (Å²) in [4.78, 5) is 1.18. The molecule has 5 heteroatoms. The van der Waals surface area contributed by atoms with Crippen LogP contribution in [0.15, 0.2) is 12.1 Å². The third-order valence-electron chi connectivity index (χ3n) is 2.12. The van der Waals surface area contributed by atoms with Gasteiger partial charge in [-0.1, -0.05) is 11.6 Å². The summed E-state index contributed by atoms with van der Waals surface area (Å²) in [6.45, 7) is 3.55. The van der Waals surface area contributed by atoms with Crippen LogP contribution >= 0.6 is 22.9 Å². The topological polar surface area (TPSA) is 47.3 Å². The number of nitrogens with two attached hydrogens (primary N) is 1. The molecule has 0 saturated heterocycles. The molecule has 1 aromatic rings. The van der Waals surface area contributed by atoms with Gasteiger partial charge in [0.15, 0.2) is 0 Å². The molecule has 0 amide bonds. The van der Waals surface area contributed by atoms with Gasteiger partial charge >= 0.3 is 0 Å². The second kappa shape index (κ2) is 7.19. The van der Waals surface area contributed by atoms with E-state index < -0.39 is 0 Å². The number of nitrogens with one attached hydrogen (secondary N) is 1. The van der Waals surface area contributed by atoms with Crippen molar-refractivity contribution in [1.82, 2.24) is 5.43 Å². The summed E-state index contributed by atoms with van der Waals surface area (Å²) in [7, 11) is 0. The molecule has 0 aliphatic carbocycles. The van der Waals surface area contributed by atoms with E-state index in [4.69, 9.17) is 22.2 Å². The third kappa shape index (κ3) is 4.49. The average molecular weight is 249 g/mol. The fraction of sp³-hybridized carbons (Fsp3) is 0.600. The summed E-state index contributed by atoms with van der Waals surface area (Å²) >= 11 is 7.44. The molecular formula is C10H17ClN2OS. The largest absolute Gasteiger partial charge is 0.382 e. The second-order valence-electron chi connectivity index (χ2n) is 3.20. The van der Waals surface area contributed by atoms with Gasteiger partial charge in [-0.15, -0.1) is 11.3 Å². The molecule has 0 spiro atoms. The number of halogens is 1. The SMILES string of the molecule is CCOCCCC(NN)c1ccc(Cl)s1. The predicted molar refractivity (Wildman–Crippen MR) is 65.1 cm³/mol. The minimum absolute atomic E-state index is 0.183. The van der Waals surface area contributed by atoms with Gasteiger partial charge in [-0.3, -0.25) is 11.3 Å². The Kier molecular flexibility index (Phi) is 6.20. The zero-order valence-electron chi connectivity index (χ0n) is 8.83. The van der Waals surface area contributed by atoms with Gasteiger partial charge in [0, 0.05) is 18.1 Å². The highest BCUT2D eigenvalue weighted by atomic mass is 35.5. The van der Waals surface area contributed by atoms with Crippen molar-refractivity contribution in [2.24, 2.45) is 5.84 Å². The van der Waals surface area contributed by atoms with Crippen LogP contribution in [0, 0.1) is 0 Å². The summed E-state index contributed by atoms with van der Waals surface area (Å²) < 4.78 is 6.08. The highest BCUT2D eigenvalue weighted by molar-refractivity contribution is 7.16. The van der Waals surface area contributed by atoms with Crippen molar-refractivity contribution in [2.75, 3.05) is 13.2 Å². The fourth-order valence-corrected chi connectivity index (χ4v) is 2.51. The van der Waals surface area contributed by atoms with E-state index in [1.165, 1.54) is 4.88 Å². The average Bonchev–Trinajstić information content (AvgIpc) is 2.65. The van der Waals surface area contributed by atoms with Crippen LogP contribution in [0.2, 0.25) is 4.34 Å². The van der Waals surface area contributed by atoms with E-state index in [2.05, 4.69) is 5.43 Å². The molecule has 1 aromatic heterocycles. The van der Waals surface area contributed by atoms with Crippen molar-refractivity contribution in [3.05, 3.63) is 21.3 Å². The molecule has 0 aliphatic rings. The Labute approximate surface area is 99.5 Å². The molecule has 0 bridgehead atoms. The van der Waals surface area contributed by atoms with Gasteiger partial charge in [-0.05, 0) is 31.9 Å². The van der Waals surface area contributed by atoms with Crippen LogP contribution in [-0.2, 0) is 4.74 Å². The van der Waals surface area contributed by atoms with Crippen molar-refractivity contribution in [3.8, 4) is 0 Å². The number of hydrogen-bond donors (Lipinski definition) is 2. The lowest BCUT2D eigenvalue weighted by atomic mass is 10.1. The molecular weight excluding hydrogens is 232 g/mol. The Morgan fingerprint density at radius 2 is 2.40 bits per heavy atom. The van der Waals surface area contributed by atoms with Crippen molar-refractivity contribution < 1.29 is 4.74 Å². The van der Waals surface area contributed by atoms with Crippen LogP contribution in [-0.4, -0.2) is 13.2 Å². The Bertz CT molecular complexity index is 280. The van der Waals surface area contributed by atoms with E-state index >= 15 is 0 Å².